The van der Waals surface area contributed by atoms with Gasteiger partial charge in [-0.3, -0.25) is 0 Å². The zero-order valence-corrected chi connectivity index (χ0v) is 17.0. The van der Waals surface area contributed by atoms with Gasteiger partial charge in [0.25, 0.3) is 0 Å². The van der Waals surface area contributed by atoms with Crippen LogP contribution in [-0.4, -0.2) is 30.0 Å². The molecule has 0 unspecified atom stereocenters. The Kier molecular flexibility index (Phi) is 7.03. The van der Waals surface area contributed by atoms with Crippen molar-refractivity contribution in [2.24, 2.45) is 0 Å². The normalized spacial score (nSPS) is 21.0. The first-order valence-corrected chi connectivity index (χ1v) is 9.91. The highest BCUT2D eigenvalue weighted by Crippen LogP contribution is 2.33. The van der Waals surface area contributed by atoms with Crippen molar-refractivity contribution in [3.05, 3.63) is 64.7 Å². The number of rotatable bonds is 5. The summed E-state index contributed by atoms with van der Waals surface area (Å²) in [5.41, 5.74) is 1.08. The topological polar surface area (TPSA) is 67.8 Å². The number of carbonyl (C=O) groups is 1. The monoisotopic (exact) mass is 413 g/mol. The van der Waals surface area contributed by atoms with Crippen molar-refractivity contribution >= 4 is 17.7 Å². The Morgan fingerprint density at radius 3 is 2.79 bits per heavy atom. The van der Waals surface area contributed by atoms with Crippen LogP contribution in [0.1, 0.15) is 36.8 Å². The Labute approximate surface area is 176 Å². The van der Waals surface area contributed by atoms with Crippen molar-refractivity contribution in [1.29, 1.82) is 0 Å². The number of amides is 1. The van der Waals surface area contributed by atoms with Crippen LogP contribution < -0.4 is 10.1 Å². The van der Waals surface area contributed by atoms with Gasteiger partial charge < -0.3 is 19.9 Å². The standard InChI is InChI=1S/C23H24ClNO4/c1-28-21-9-7-18(8-10-21)16-29-23(12-3-6-20(15-23)25-22(26)27)13-11-17-4-2-5-19(24)14-17/h2,4-5,7-10,14,20,25H,3,6,12,15-16H2,1H3,(H,26,27)/t20-,23+/m1/s1. The van der Waals surface area contributed by atoms with Gasteiger partial charge in [-0.2, -0.15) is 0 Å². The Hall–Kier alpha value is -2.68. The molecule has 1 aliphatic carbocycles. The molecule has 2 N–H and O–H groups in total. The van der Waals surface area contributed by atoms with Crippen molar-refractivity contribution in [2.75, 3.05) is 7.11 Å². The third-order valence-corrected chi connectivity index (χ3v) is 5.21. The highest BCUT2D eigenvalue weighted by molar-refractivity contribution is 6.30. The number of benzene rings is 2. The van der Waals surface area contributed by atoms with Crippen molar-refractivity contribution in [3.63, 3.8) is 0 Å². The Bertz CT molecular complexity index is 903. The minimum absolute atomic E-state index is 0.189. The lowest BCUT2D eigenvalue weighted by Gasteiger charge is -2.37. The molecule has 0 heterocycles. The van der Waals surface area contributed by atoms with E-state index >= 15 is 0 Å². The zero-order chi connectivity index (χ0) is 20.7. The van der Waals surface area contributed by atoms with Gasteiger partial charge in [0.1, 0.15) is 11.4 Å². The summed E-state index contributed by atoms with van der Waals surface area (Å²) in [6.45, 7) is 0.383. The molecular weight excluding hydrogens is 390 g/mol. The highest BCUT2D eigenvalue weighted by Gasteiger charge is 2.36. The van der Waals surface area contributed by atoms with Gasteiger partial charge in [0.2, 0.25) is 0 Å². The van der Waals surface area contributed by atoms with E-state index in [1.165, 1.54) is 0 Å². The summed E-state index contributed by atoms with van der Waals surface area (Å²) in [4.78, 5) is 11.1. The van der Waals surface area contributed by atoms with Gasteiger partial charge in [-0.15, -0.1) is 0 Å². The second-order valence-electron chi connectivity index (χ2n) is 7.13. The SMILES string of the molecule is COc1ccc(CO[C@]2(C#Cc3cccc(Cl)c3)CCC[C@@H](NC(=O)O)C2)cc1. The third-order valence-electron chi connectivity index (χ3n) is 4.97. The Morgan fingerprint density at radius 1 is 1.31 bits per heavy atom. The number of hydrogen-bond acceptors (Lipinski definition) is 3. The van der Waals surface area contributed by atoms with Crippen LogP contribution in [0.4, 0.5) is 4.79 Å². The molecular formula is C23H24ClNO4. The smallest absolute Gasteiger partial charge is 0.404 e. The largest absolute Gasteiger partial charge is 0.497 e. The third kappa shape index (κ3) is 6.15. The number of nitrogens with one attached hydrogen (secondary N) is 1. The molecule has 0 aromatic heterocycles. The molecule has 2 aromatic rings. The van der Waals surface area contributed by atoms with Crippen LogP contribution in [0.15, 0.2) is 48.5 Å². The summed E-state index contributed by atoms with van der Waals surface area (Å²) in [5, 5.41) is 12.3. The Balaban J connectivity index is 1.81. The van der Waals surface area contributed by atoms with Crippen LogP contribution in [0.2, 0.25) is 5.02 Å². The first-order valence-electron chi connectivity index (χ1n) is 9.53. The summed E-state index contributed by atoms with van der Waals surface area (Å²) in [6.07, 6.45) is 1.83. The van der Waals surface area contributed by atoms with E-state index in [-0.39, 0.29) is 6.04 Å². The molecule has 1 amide bonds. The highest BCUT2D eigenvalue weighted by atomic mass is 35.5. The second kappa shape index (κ2) is 9.69. The fourth-order valence-electron chi connectivity index (χ4n) is 3.51. The van der Waals surface area contributed by atoms with Gasteiger partial charge in [-0.05, 0) is 55.2 Å². The molecule has 0 radical (unpaired) electrons. The Morgan fingerprint density at radius 2 is 2.10 bits per heavy atom. The predicted octanol–water partition coefficient (Wildman–Crippen LogP) is 4.87. The molecule has 1 fully saturated rings. The lowest BCUT2D eigenvalue weighted by atomic mass is 9.81. The quantitative estimate of drug-likeness (QED) is 0.686. The molecule has 6 heteroatoms. The summed E-state index contributed by atoms with van der Waals surface area (Å²) in [7, 11) is 1.63. The maximum absolute atomic E-state index is 11.1. The lowest BCUT2D eigenvalue weighted by molar-refractivity contribution is -0.0437. The van der Waals surface area contributed by atoms with E-state index in [0.717, 1.165) is 36.1 Å². The average molecular weight is 414 g/mol. The molecule has 0 bridgehead atoms. The van der Waals surface area contributed by atoms with Crippen molar-refractivity contribution in [3.8, 4) is 17.6 Å². The first-order chi connectivity index (χ1) is 14.0. The van der Waals surface area contributed by atoms with Crippen LogP contribution in [0, 0.1) is 11.8 Å². The number of ether oxygens (including phenoxy) is 2. The van der Waals surface area contributed by atoms with E-state index in [1.54, 1.807) is 13.2 Å². The number of halogens is 1. The van der Waals surface area contributed by atoms with Crippen LogP contribution >= 0.6 is 11.6 Å². The van der Waals surface area contributed by atoms with Crippen LogP contribution in [0.25, 0.3) is 0 Å². The molecule has 152 valence electrons. The van der Waals surface area contributed by atoms with Gasteiger partial charge in [0.15, 0.2) is 0 Å². The van der Waals surface area contributed by atoms with E-state index in [0.29, 0.717) is 18.1 Å². The van der Waals surface area contributed by atoms with E-state index in [1.807, 2.05) is 42.5 Å². The van der Waals surface area contributed by atoms with Gasteiger partial charge in [0, 0.05) is 23.0 Å². The van der Waals surface area contributed by atoms with Gasteiger partial charge in [0.05, 0.1) is 13.7 Å². The second-order valence-corrected chi connectivity index (χ2v) is 7.57. The van der Waals surface area contributed by atoms with Crippen molar-refractivity contribution in [2.45, 2.75) is 43.9 Å². The van der Waals surface area contributed by atoms with E-state index < -0.39 is 11.7 Å². The van der Waals surface area contributed by atoms with Crippen LogP contribution in [0.5, 0.6) is 5.75 Å². The summed E-state index contributed by atoms with van der Waals surface area (Å²) in [5.74, 6) is 7.24. The number of carboxylic acid groups (broad SMARTS) is 1. The van der Waals surface area contributed by atoms with Gasteiger partial charge in [-0.1, -0.05) is 41.6 Å². The molecule has 29 heavy (non-hydrogen) atoms. The number of methoxy groups -OCH3 is 1. The summed E-state index contributed by atoms with van der Waals surface area (Å²) < 4.78 is 11.5. The van der Waals surface area contributed by atoms with E-state index in [2.05, 4.69) is 17.2 Å². The molecule has 1 saturated carbocycles. The van der Waals surface area contributed by atoms with Gasteiger partial charge >= 0.3 is 6.09 Å². The molecule has 0 aliphatic heterocycles. The number of hydrogen-bond donors (Lipinski definition) is 2. The summed E-state index contributed by atoms with van der Waals surface area (Å²) >= 11 is 6.06. The molecule has 5 nitrogen and oxygen atoms in total. The maximum Gasteiger partial charge on any atom is 0.404 e. The minimum Gasteiger partial charge on any atom is -0.497 e. The lowest BCUT2D eigenvalue weighted by Crippen LogP contribution is -2.46. The van der Waals surface area contributed by atoms with Crippen LogP contribution in [0.3, 0.4) is 0 Å². The molecule has 1 aliphatic rings. The van der Waals surface area contributed by atoms with Gasteiger partial charge in [-0.25, -0.2) is 4.79 Å². The van der Waals surface area contributed by atoms with Crippen LogP contribution in [-0.2, 0) is 11.3 Å². The molecule has 0 saturated heterocycles. The van der Waals surface area contributed by atoms with E-state index in [4.69, 9.17) is 26.2 Å². The maximum atomic E-state index is 11.1. The fraction of sp³-hybridized carbons (Fsp3) is 0.348. The average Bonchev–Trinajstić information content (AvgIpc) is 2.71. The molecule has 0 spiro atoms. The molecule has 2 aromatic carbocycles. The first kappa shape index (κ1) is 21.0. The van der Waals surface area contributed by atoms with Crippen molar-refractivity contribution < 1.29 is 19.4 Å². The van der Waals surface area contributed by atoms with Crippen molar-refractivity contribution in [1.82, 2.24) is 5.32 Å². The predicted molar refractivity (Wildman–Crippen MR) is 112 cm³/mol. The molecule has 2 atom stereocenters. The zero-order valence-electron chi connectivity index (χ0n) is 16.3. The fourth-order valence-corrected chi connectivity index (χ4v) is 3.70. The minimum atomic E-state index is -1.02. The van der Waals surface area contributed by atoms with E-state index in [9.17, 15) is 4.79 Å². The summed E-state index contributed by atoms with van der Waals surface area (Å²) in [6, 6.07) is 14.8. The molecule has 3 rings (SSSR count).